The lowest BCUT2D eigenvalue weighted by atomic mass is 9.99. The Morgan fingerprint density at radius 1 is 0.633 bits per heavy atom. The molecule has 0 unspecified atom stereocenters. The number of anilines is 1. The highest BCUT2D eigenvalue weighted by molar-refractivity contribution is 6.05. The number of benzene rings is 4. The van der Waals surface area contributed by atoms with Crippen molar-refractivity contribution in [3.05, 3.63) is 126 Å². The van der Waals surface area contributed by atoms with Crippen molar-refractivity contribution < 1.29 is 9.53 Å². The summed E-state index contributed by atoms with van der Waals surface area (Å²) in [5.41, 5.74) is 3.75. The van der Waals surface area contributed by atoms with Crippen LogP contribution in [0.15, 0.2) is 109 Å². The van der Waals surface area contributed by atoms with E-state index in [1.807, 2.05) is 97.1 Å². The van der Waals surface area contributed by atoms with Gasteiger partial charge in [-0.3, -0.25) is 4.79 Å². The van der Waals surface area contributed by atoms with E-state index < -0.39 is 0 Å². The molecular formula is C27H23NO2. The van der Waals surface area contributed by atoms with Crippen molar-refractivity contribution in [2.24, 2.45) is 0 Å². The van der Waals surface area contributed by atoms with Gasteiger partial charge in [0.15, 0.2) is 0 Å². The summed E-state index contributed by atoms with van der Waals surface area (Å²) in [6, 6.07) is 35.1. The number of carbonyl (C=O) groups excluding carboxylic acids is 1. The number of carbonyl (C=O) groups is 1. The third-order valence-electron chi connectivity index (χ3n) is 4.88. The van der Waals surface area contributed by atoms with Crippen LogP contribution in [0.2, 0.25) is 0 Å². The fourth-order valence-electron chi connectivity index (χ4n) is 3.31. The van der Waals surface area contributed by atoms with Gasteiger partial charge in [0.05, 0.1) is 0 Å². The van der Waals surface area contributed by atoms with Gasteiger partial charge in [-0.1, -0.05) is 66.7 Å². The molecule has 0 aromatic heterocycles. The van der Waals surface area contributed by atoms with E-state index in [-0.39, 0.29) is 5.91 Å². The van der Waals surface area contributed by atoms with E-state index in [4.69, 9.17) is 4.74 Å². The zero-order valence-corrected chi connectivity index (χ0v) is 16.6. The smallest absolute Gasteiger partial charge is 0.255 e. The predicted molar refractivity (Wildman–Crippen MR) is 121 cm³/mol. The summed E-state index contributed by atoms with van der Waals surface area (Å²) in [4.78, 5) is 12.9. The summed E-state index contributed by atoms with van der Waals surface area (Å²) >= 11 is 0. The van der Waals surface area contributed by atoms with E-state index in [2.05, 4.69) is 17.4 Å². The molecule has 0 aliphatic carbocycles. The van der Waals surface area contributed by atoms with Gasteiger partial charge in [0.25, 0.3) is 5.91 Å². The van der Waals surface area contributed by atoms with Gasteiger partial charge < -0.3 is 10.1 Å². The van der Waals surface area contributed by atoms with E-state index in [1.165, 1.54) is 5.56 Å². The summed E-state index contributed by atoms with van der Waals surface area (Å²) < 4.78 is 5.80. The quantitative estimate of drug-likeness (QED) is 0.388. The maximum absolute atomic E-state index is 12.9. The number of amides is 1. The highest BCUT2D eigenvalue weighted by Gasteiger charge is 2.11. The molecule has 1 amide bonds. The van der Waals surface area contributed by atoms with Crippen LogP contribution in [0.5, 0.6) is 11.5 Å². The van der Waals surface area contributed by atoms with Gasteiger partial charge in [0, 0.05) is 11.3 Å². The van der Waals surface area contributed by atoms with Crippen LogP contribution in [0.25, 0.3) is 0 Å². The molecule has 0 fully saturated rings. The monoisotopic (exact) mass is 393 g/mol. The number of nitrogens with one attached hydrogen (secondary N) is 1. The van der Waals surface area contributed by atoms with Crippen LogP contribution in [0.4, 0.5) is 5.69 Å². The zero-order valence-electron chi connectivity index (χ0n) is 16.6. The molecule has 0 atom stereocenters. The predicted octanol–water partition coefficient (Wildman–Crippen LogP) is 6.52. The SMILES string of the molecule is O=C(Nc1ccc(Oc2ccccc2)cc1)c1ccccc1CCc1ccccc1. The number of para-hydroxylation sites is 1. The minimum atomic E-state index is -0.101. The van der Waals surface area contributed by atoms with Gasteiger partial charge in [-0.2, -0.15) is 0 Å². The highest BCUT2D eigenvalue weighted by atomic mass is 16.5. The lowest BCUT2D eigenvalue weighted by molar-refractivity contribution is 0.102. The van der Waals surface area contributed by atoms with E-state index in [0.717, 1.165) is 35.6 Å². The topological polar surface area (TPSA) is 38.3 Å². The zero-order chi connectivity index (χ0) is 20.6. The molecule has 0 aliphatic rings. The third kappa shape index (κ3) is 5.15. The first kappa shape index (κ1) is 19.5. The Kier molecular flexibility index (Phi) is 6.21. The first-order chi connectivity index (χ1) is 14.8. The second-order valence-electron chi connectivity index (χ2n) is 7.04. The molecule has 4 aromatic carbocycles. The molecule has 4 rings (SSSR count). The van der Waals surface area contributed by atoms with Crippen LogP contribution >= 0.6 is 0 Å². The molecule has 30 heavy (non-hydrogen) atoms. The third-order valence-corrected chi connectivity index (χ3v) is 4.88. The molecule has 0 bridgehead atoms. The van der Waals surface area contributed by atoms with Crippen molar-refractivity contribution >= 4 is 11.6 Å². The molecule has 3 heteroatoms. The number of ether oxygens (including phenoxy) is 1. The van der Waals surface area contributed by atoms with E-state index in [0.29, 0.717) is 5.56 Å². The van der Waals surface area contributed by atoms with Gasteiger partial charge in [-0.15, -0.1) is 0 Å². The number of rotatable bonds is 7. The molecule has 1 N–H and O–H groups in total. The molecule has 148 valence electrons. The van der Waals surface area contributed by atoms with Crippen LogP contribution in [0.3, 0.4) is 0 Å². The average molecular weight is 393 g/mol. The van der Waals surface area contributed by atoms with Crippen molar-refractivity contribution in [1.29, 1.82) is 0 Å². The fourth-order valence-corrected chi connectivity index (χ4v) is 3.31. The van der Waals surface area contributed by atoms with Crippen LogP contribution in [0, 0.1) is 0 Å². The van der Waals surface area contributed by atoms with Crippen LogP contribution < -0.4 is 10.1 Å². The Morgan fingerprint density at radius 3 is 1.97 bits per heavy atom. The lowest BCUT2D eigenvalue weighted by Crippen LogP contribution is -2.14. The van der Waals surface area contributed by atoms with Gasteiger partial charge in [-0.25, -0.2) is 0 Å². The van der Waals surface area contributed by atoms with Crippen molar-refractivity contribution in [2.45, 2.75) is 12.8 Å². The van der Waals surface area contributed by atoms with Crippen molar-refractivity contribution in [1.82, 2.24) is 0 Å². The normalized spacial score (nSPS) is 10.4. The molecule has 0 heterocycles. The first-order valence-electron chi connectivity index (χ1n) is 10.0. The van der Waals surface area contributed by atoms with Gasteiger partial charge in [0.2, 0.25) is 0 Å². The molecule has 0 spiro atoms. The maximum atomic E-state index is 12.9. The molecule has 4 aromatic rings. The Morgan fingerprint density at radius 2 is 1.23 bits per heavy atom. The molecule has 0 radical (unpaired) electrons. The molecule has 0 saturated heterocycles. The molecular weight excluding hydrogens is 370 g/mol. The molecule has 0 saturated carbocycles. The summed E-state index contributed by atoms with van der Waals surface area (Å²) in [6.45, 7) is 0. The lowest BCUT2D eigenvalue weighted by Gasteiger charge is -2.11. The van der Waals surface area contributed by atoms with E-state index >= 15 is 0 Å². The fraction of sp³-hybridized carbons (Fsp3) is 0.0741. The van der Waals surface area contributed by atoms with Crippen molar-refractivity contribution in [3.63, 3.8) is 0 Å². The number of aryl methyl sites for hydroxylation is 2. The minimum absolute atomic E-state index is 0.101. The second-order valence-corrected chi connectivity index (χ2v) is 7.04. The van der Waals surface area contributed by atoms with Crippen molar-refractivity contribution in [3.8, 4) is 11.5 Å². The summed E-state index contributed by atoms with van der Waals surface area (Å²) in [6.07, 6.45) is 1.72. The van der Waals surface area contributed by atoms with Crippen molar-refractivity contribution in [2.75, 3.05) is 5.32 Å². The molecule has 3 nitrogen and oxygen atoms in total. The van der Waals surface area contributed by atoms with Crippen LogP contribution in [-0.2, 0) is 12.8 Å². The Balaban J connectivity index is 1.41. The molecule has 0 aliphatic heterocycles. The Labute approximate surface area is 177 Å². The standard InChI is InChI=1S/C27H23NO2/c29-27(26-14-8-7-11-22(26)16-15-21-9-3-1-4-10-21)28-23-17-19-25(20-18-23)30-24-12-5-2-6-13-24/h1-14,17-20H,15-16H2,(H,28,29). The summed E-state index contributed by atoms with van der Waals surface area (Å²) in [5.74, 6) is 1.40. The first-order valence-corrected chi connectivity index (χ1v) is 10.0. The Hall–Kier alpha value is -3.85. The number of hydrogen-bond donors (Lipinski definition) is 1. The average Bonchev–Trinajstić information content (AvgIpc) is 2.80. The van der Waals surface area contributed by atoms with Gasteiger partial charge in [0.1, 0.15) is 11.5 Å². The van der Waals surface area contributed by atoms with Gasteiger partial charge in [-0.05, 0) is 66.4 Å². The summed E-state index contributed by atoms with van der Waals surface area (Å²) in [5, 5.41) is 2.99. The maximum Gasteiger partial charge on any atom is 0.255 e. The van der Waals surface area contributed by atoms with Gasteiger partial charge >= 0.3 is 0 Å². The van der Waals surface area contributed by atoms with E-state index in [9.17, 15) is 4.79 Å². The summed E-state index contributed by atoms with van der Waals surface area (Å²) in [7, 11) is 0. The number of hydrogen-bond acceptors (Lipinski definition) is 2. The highest BCUT2D eigenvalue weighted by Crippen LogP contribution is 2.23. The Bertz CT molecular complexity index is 1090. The second kappa shape index (κ2) is 9.57. The van der Waals surface area contributed by atoms with Crippen LogP contribution in [-0.4, -0.2) is 5.91 Å². The van der Waals surface area contributed by atoms with Crippen LogP contribution in [0.1, 0.15) is 21.5 Å². The minimum Gasteiger partial charge on any atom is -0.457 e. The largest absolute Gasteiger partial charge is 0.457 e. The van der Waals surface area contributed by atoms with E-state index in [1.54, 1.807) is 0 Å².